The van der Waals surface area contributed by atoms with Crippen molar-refractivity contribution in [1.82, 2.24) is 15.0 Å². The average molecular weight is 597 g/mol. The Morgan fingerprint density at radius 2 is 2.05 bits per heavy atom. The maximum atomic E-state index is 14.0. The molecule has 0 spiro atoms. The molecule has 0 unspecified atom stereocenters. The zero-order valence-corrected chi connectivity index (χ0v) is 23.4. The van der Waals surface area contributed by atoms with Crippen LogP contribution in [0.2, 0.25) is 0 Å². The highest BCUT2D eigenvalue weighted by Crippen LogP contribution is 2.26. The van der Waals surface area contributed by atoms with Crippen molar-refractivity contribution in [2.45, 2.75) is 26.2 Å². The van der Waals surface area contributed by atoms with E-state index in [1.807, 2.05) is 21.0 Å². The molecule has 4 rings (SSSR count). The summed E-state index contributed by atoms with van der Waals surface area (Å²) in [7, 11) is 3.92. The molecular weight excluding hydrogens is 569 g/mol. The third-order valence-corrected chi connectivity index (χ3v) is 6.86. The summed E-state index contributed by atoms with van der Waals surface area (Å²) in [4.78, 5) is 40.7. The largest absolute Gasteiger partial charge is 0.368 e. The Bertz CT molecular complexity index is 1540. The van der Waals surface area contributed by atoms with Gasteiger partial charge in [-0.3, -0.25) is 9.78 Å². The number of rotatable bonds is 11. The molecule has 3 aromatic rings. The number of aromatic nitrogens is 3. The Hall–Kier alpha value is -3.90. The van der Waals surface area contributed by atoms with Crippen LogP contribution in [0.4, 0.5) is 15.9 Å². The van der Waals surface area contributed by atoms with Gasteiger partial charge in [0.2, 0.25) is 0 Å². The van der Waals surface area contributed by atoms with Crippen molar-refractivity contribution in [3.05, 3.63) is 86.4 Å². The van der Waals surface area contributed by atoms with Gasteiger partial charge in [0.25, 0.3) is 0 Å². The Kier molecular flexibility index (Phi) is 8.56. The van der Waals surface area contributed by atoms with Crippen molar-refractivity contribution in [2.24, 2.45) is 4.99 Å². The number of nitrogens with one attached hydrogen (secondary N) is 1. The van der Waals surface area contributed by atoms with Gasteiger partial charge in [-0.1, -0.05) is 6.92 Å². The van der Waals surface area contributed by atoms with Gasteiger partial charge in [0.15, 0.2) is 5.78 Å². The van der Waals surface area contributed by atoms with Crippen LogP contribution in [0.3, 0.4) is 0 Å². The number of nitrogens with zero attached hydrogens (tertiary/aromatic N) is 6. The van der Waals surface area contributed by atoms with Gasteiger partial charge >= 0.3 is 5.82 Å². The van der Waals surface area contributed by atoms with E-state index >= 15 is 0 Å². The molecule has 0 saturated heterocycles. The number of carbonyl (C=O) groups is 1. The number of hydrogen-bond donors (Lipinski definition) is 1. The Morgan fingerprint density at radius 3 is 2.77 bits per heavy atom. The molecule has 0 saturated carbocycles. The number of quaternary nitrogens is 1. The Balaban J connectivity index is 1.41. The maximum Gasteiger partial charge on any atom is 0.368 e. The van der Waals surface area contributed by atoms with E-state index in [0.29, 0.717) is 68.6 Å². The van der Waals surface area contributed by atoms with Crippen LogP contribution >= 0.6 is 15.9 Å². The molecule has 0 aliphatic carbocycles. The molecule has 2 aromatic heterocycles. The number of benzene rings is 1. The molecule has 10 nitrogen and oxygen atoms in total. The second kappa shape index (κ2) is 11.9. The van der Waals surface area contributed by atoms with E-state index in [2.05, 4.69) is 41.2 Å². The number of halogens is 2. The number of pyridine rings is 1. The zero-order chi connectivity index (χ0) is 28.2. The third kappa shape index (κ3) is 7.15. The summed E-state index contributed by atoms with van der Waals surface area (Å²) in [5.41, 5.74) is 3.17. The smallest absolute Gasteiger partial charge is 0.358 e. The van der Waals surface area contributed by atoms with Gasteiger partial charge in [0.05, 0.1) is 48.8 Å². The van der Waals surface area contributed by atoms with Gasteiger partial charge in [-0.05, 0) is 62.3 Å². The fourth-order valence-electron chi connectivity index (χ4n) is 4.29. The van der Waals surface area contributed by atoms with Crippen LogP contribution in [0.25, 0.3) is 10.9 Å². The van der Waals surface area contributed by atoms with E-state index in [1.54, 1.807) is 30.5 Å². The number of aliphatic imine (C=N–C) groups is 1. The van der Waals surface area contributed by atoms with Crippen LogP contribution in [0.5, 0.6) is 0 Å². The monoisotopic (exact) mass is 596 g/mol. The standard InChI is InChI=1S/C27H28BrFN7O3/c1-4-18-10-17(27(34-18)35(38)39)15-36(2,3)9-5-6-21(37)11-20-12-22-25(14-30-20)31-16-32-26(22)33-19-7-8-23(28)24(29)13-19/h5-8,12-14,16H,4,9-11,15H2,1-3H3,(H,31,32,33)/q+1/b6-5+. The van der Waals surface area contributed by atoms with E-state index in [-0.39, 0.29) is 18.0 Å². The maximum absolute atomic E-state index is 14.0. The van der Waals surface area contributed by atoms with Crippen molar-refractivity contribution in [1.29, 1.82) is 0 Å². The first kappa shape index (κ1) is 28.1. The zero-order valence-electron chi connectivity index (χ0n) is 21.8. The highest BCUT2D eigenvalue weighted by atomic mass is 79.9. The van der Waals surface area contributed by atoms with E-state index < -0.39 is 10.7 Å². The van der Waals surface area contributed by atoms with Crippen LogP contribution in [-0.4, -0.2) is 63.0 Å². The number of anilines is 2. The van der Waals surface area contributed by atoms with E-state index in [4.69, 9.17) is 0 Å². The lowest BCUT2D eigenvalue weighted by Crippen LogP contribution is -2.41. The first-order chi connectivity index (χ1) is 18.5. The molecule has 1 aliphatic rings. The molecule has 1 aliphatic heterocycles. The second-order valence-corrected chi connectivity index (χ2v) is 10.7. The van der Waals surface area contributed by atoms with E-state index in [0.717, 1.165) is 5.71 Å². The van der Waals surface area contributed by atoms with E-state index in [1.165, 1.54) is 18.5 Å². The van der Waals surface area contributed by atoms with Crippen LogP contribution in [-0.2, 0) is 11.2 Å². The molecule has 0 radical (unpaired) electrons. The van der Waals surface area contributed by atoms with Crippen LogP contribution in [0, 0.1) is 15.9 Å². The predicted octanol–water partition coefficient (Wildman–Crippen LogP) is 5.16. The number of fused-ring (bicyclic) bond motifs is 1. The summed E-state index contributed by atoms with van der Waals surface area (Å²) in [5.74, 6) is -0.121. The van der Waals surface area contributed by atoms with Gasteiger partial charge in [-0.15, -0.1) is 0 Å². The molecule has 3 heterocycles. The predicted molar refractivity (Wildman–Crippen MR) is 151 cm³/mol. The van der Waals surface area contributed by atoms with Crippen LogP contribution in [0.1, 0.15) is 25.5 Å². The highest BCUT2D eigenvalue weighted by molar-refractivity contribution is 9.10. The summed E-state index contributed by atoms with van der Waals surface area (Å²) in [6, 6.07) is 6.41. The first-order valence-corrected chi connectivity index (χ1v) is 13.1. The van der Waals surface area contributed by atoms with Gasteiger partial charge in [-0.25, -0.2) is 14.4 Å². The highest BCUT2D eigenvalue weighted by Gasteiger charge is 2.32. The molecule has 0 fully saturated rings. The molecule has 12 heteroatoms. The Labute approximate surface area is 233 Å². The second-order valence-electron chi connectivity index (χ2n) is 9.88. The van der Waals surface area contributed by atoms with Gasteiger partial charge < -0.3 is 19.9 Å². The fraction of sp³-hybridized carbons (Fsp3) is 0.296. The topological polar surface area (TPSA) is 123 Å². The minimum absolute atomic E-state index is 0.0522. The third-order valence-electron chi connectivity index (χ3n) is 6.22. The lowest BCUT2D eigenvalue weighted by Gasteiger charge is -2.28. The van der Waals surface area contributed by atoms with E-state index in [9.17, 15) is 19.3 Å². The van der Waals surface area contributed by atoms with Crippen molar-refractivity contribution in [3.63, 3.8) is 0 Å². The molecule has 0 bridgehead atoms. The Morgan fingerprint density at radius 1 is 1.26 bits per heavy atom. The number of ketones is 1. The van der Waals surface area contributed by atoms with Crippen molar-refractivity contribution in [3.8, 4) is 0 Å². The minimum atomic E-state index is -0.420. The molecule has 0 atom stereocenters. The number of carbonyl (C=O) groups excluding carboxylic acids is 1. The number of allylic oxidation sites excluding steroid dienone is 1. The SMILES string of the molecule is CCC1=NC([N+](=O)[O-])=C(C[N+](C)(C)C/C=C/C(=O)Cc2cc3c(Nc4ccc(Br)c(F)c4)ncnc3cn2)C1. The number of hydrogen-bond acceptors (Lipinski definition) is 8. The van der Waals surface area contributed by atoms with Crippen LogP contribution < -0.4 is 5.32 Å². The van der Waals surface area contributed by atoms with Gasteiger partial charge in [0.1, 0.15) is 30.2 Å². The van der Waals surface area contributed by atoms with Crippen molar-refractivity contribution < 1.29 is 18.6 Å². The summed E-state index contributed by atoms with van der Waals surface area (Å²) in [6.07, 6.45) is 7.53. The summed E-state index contributed by atoms with van der Waals surface area (Å²) < 4.78 is 14.8. The molecule has 0 amide bonds. The van der Waals surface area contributed by atoms with Gasteiger partial charge in [0, 0.05) is 29.6 Å². The summed E-state index contributed by atoms with van der Waals surface area (Å²) >= 11 is 3.14. The summed E-state index contributed by atoms with van der Waals surface area (Å²) in [6.45, 7) is 2.91. The molecule has 39 heavy (non-hydrogen) atoms. The average Bonchev–Trinajstić information content (AvgIpc) is 3.29. The van der Waals surface area contributed by atoms with Crippen molar-refractivity contribution >= 4 is 49.8 Å². The molecule has 202 valence electrons. The quantitative estimate of drug-likeness (QED) is 0.140. The summed E-state index contributed by atoms with van der Waals surface area (Å²) in [5, 5.41) is 15.1. The normalized spacial score (nSPS) is 13.8. The lowest BCUT2D eigenvalue weighted by atomic mass is 10.1. The minimum Gasteiger partial charge on any atom is -0.358 e. The first-order valence-electron chi connectivity index (χ1n) is 12.3. The fourth-order valence-corrected chi connectivity index (χ4v) is 4.54. The number of likely N-dealkylation sites (N-methyl/N-ethyl adjacent to an activating group) is 1. The van der Waals surface area contributed by atoms with Gasteiger partial charge in [-0.2, -0.15) is 0 Å². The number of nitro groups is 1. The molecule has 1 aromatic carbocycles. The lowest BCUT2D eigenvalue weighted by molar-refractivity contribution is -0.880. The molecule has 1 N–H and O–H groups in total. The van der Waals surface area contributed by atoms with Crippen LogP contribution in [0.15, 0.2) is 69.8 Å². The van der Waals surface area contributed by atoms with Crippen molar-refractivity contribution in [2.75, 3.05) is 32.5 Å². The molecular formula is C27H28BrFN7O3+.